The van der Waals surface area contributed by atoms with Crippen LogP contribution in [0.4, 0.5) is 4.39 Å². The van der Waals surface area contributed by atoms with E-state index in [0.717, 1.165) is 0 Å². The van der Waals surface area contributed by atoms with Gasteiger partial charge in [0.1, 0.15) is 5.82 Å². The van der Waals surface area contributed by atoms with Gasteiger partial charge in [0.05, 0.1) is 16.7 Å². The zero-order valence-electron chi connectivity index (χ0n) is 18.3. The normalized spacial score (nSPS) is 14.5. The number of halogens is 1. The van der Waals surface area contributed by atoms with Gasteiger partial charge in [-0.15, -0.1) is 0 Å². The van der Waals surface area contributed by atoms with E-state index < -0.39 is 5.82 Å². The van der Waals surface area contributed by atoms with Gasteiger partial charge in [-0.05, 0) is 24.3 Å². The Hall–Kier alpha value is -3.55. The molecule has 1 aliphatic heterocycles. The predicted molar refractivity (Wildman–Crippen MR) is 117 cm³/mol. The summed E-state index contributed by atoms with van der Waals surface area (Å²) in [6.45, 7) is 7.32. The molecule has 0 spiro atoms. The van der Waals surface area contributed by atoms with Crippen LogP contribution in [0.3, 0.4) is 0 Å². The van der Waals surface area contributed by atoms with E-state index in [1.54, 1.807) is 40.1 Å². The van der Waals surface area contributed by atoms with Crippen molar-refractivity contribution in [2.75, 3.05) is 26.2 Å². The molecule has 8 heteroatoms. The zero-order chi connectivity index (χ0) is 22.9. The molecular formula is C24H25FN4O3. The van der Waals surface area contributed by atoms with Crippen molar-refractivity contribution in [2.45, 2.75) is 26.2 Å². The number of benzene rings is 2. The summed E-state index contributed by atoms with van der Waals surface area (Å²) in [4.78, 5) is 33.7. The van der Waals surface area contributed by atoms with Crippen LogP contribution >= 0.6 is 0 Å². The van der Waals surface area contributed by atoms with Gasteiger partial charge in [-0.25, -0.2) is 4.39 Å². The van der Waals surface area contributed by atoms with Crippen LogP contribution in [-0.4, -0.2) is 57.9 Å². The molecule has 2 heterocycles. The van der Waals surface area contributed by atoms with Crippen molar-refractivity contribution in [2.24, 2.45) is 0 Å². The molecule has 0 bridgehead atoms. The standard InChI is InChI=1S/C24H25FN4O3/c1-24(2,3)23-26-20(32-27-23)16-8-4-5-9-17(16)21(30)28-12-14-29(15-13-28)22(31)18-10-6-7-11-19(18)25/h4-11H,12-15H2,1-3H3. The Morgan fingerprint density at radius 3 is 1.97 bits per heavy atom. The highest BCUT2D eigenvalue weighted by Gasteiger charge is 2.29. The highest BCUT2D eigenvalue weighted by atomic mass is 19.1. The molecule has 1 saturated heterocycles. The van der Waals surface area contributed by atoms with Crippen LogP contribution in [0, 0.1) is 5.82 Å². The second kappa shape index (κ2) is 8.53. The third-order valence-electron chi connectivity index (χ3n) is 5.44. The molecule has 0 unspecified atom stereocenters. The molecule has 0 N–H and O–H groups in total. The first kappa shape index (κ1) is 21.7. The summed E-state index contributed by atoms with van der Waals surface area (Å²) in [5.74, 6) is -0.216. The fraction of sp³-hybridized carbons (Fsp3) is 0.333. The average molecular weight is 436 g/mol. The fourth-order valence-electron chi connectivity index (χ4n) is 3.58. The van der Waals surface area contributed by atoms with Crippen LogP contribution < -0.4 is 0 Å². The van der Waals surface area contributed by atoms with Crippen LogP contribution in [0.5, 0.6) is 0 Å². The molecule has 2 amide bonds. The highest BCUT2D eigenvalue weighted by Crippen LogP contribution is 2.27. The number of aromatic nitrogens is 2. The first-order valence-corrected chi connectivity index (χ1v) is 10.5. The molecule has 0 atom stereocenters. The first-order chi connectivity index (χ1) is 15.3. The molecule has 7 nitrogen and oxygen atoms in total. The SMILES string of the molecule is CC(C)(C)c1noc(-c2ccccc2C(=O)N2CCN(C(=O)c3ccccc3F)CC2)n1. The second-order valence-electron chi connectivity index (χ2n) is 8.78. The van der Waals surface area contributed by atoms with E-state index in [2.05, 4.69) is 10.1 Å². The third-order valence-corrected chi connectivity index (χ3v) is 5.44. The van der Waals surface area contributed by atoms with E-state index in [-0.39, 0.29) is 22.8 Å². The maximum atomic E-state index is 14.0. The van der Waals surface area contributed by atoms with Crippen LogP contribution in [0.25, 0.3) is 11.5 Å². The van der Waals surface area contributed by atoms with Crippen LogP contribution in [0.15, 0.2) is 53.1 Å². The van der Waals surface area contributed by atoms with Crippen molar-refractivity contribution in [3.63, 3.8) is 0 Å². The van der Waals surface area contributed by atoms with Gasteiger partial charge < -0.3 is 14.3 Å². The molecular weight excluding hydrogens is 411 g/mol. The summed E-state index contributed by atoms with van der Waals surface area (Å²) in [5.41, 5.74) is 0.807. The van der Waals surface area contributed by atoms with Crippen molar-refractivity contribution in [3.8, 4) is 11.5 Å². The summed E-state index contributed by atoms with van der Waals surface area (Å²) in [5, 5.41) is 4.06. The number of carbonyl (C=O) groups excluding carboxylic acids is 2. The Bertz CT molecular complexity index is 1140. The van der Waals surface area contributed by atoms with Gasteiger partial charge in [-0.3, -0.25) is 9.59 Å². The molecule has 1 aromatic heterocycles. The first-order valence-electron chi connectivity index (χ1n) is 10.5. The average Bonchev–Trinajstić information content (AvgIpc) is 3.29. The van der Waals surface area contributed by atoms with Crippen molar-refractivity contribution < 1.29 is 18.5 Å². The molecule has 166 valence electrons. The summed E-state index contributed by atoms with van der Waals surface area (Å²) >= 11 is 0. The van der Waals surface area contributed by atoms with Crippen molar-refractivity contribution in [1.29, 1.82) is 0 Å². The zero-order valence-corrected chi connectivity index (χ0v) is 18.3. The quantitative estimate of drug-likeness (QED) is 0.624. The van der Waals surface area contributed by atoms with Gasteiger partial charge in [-0.1, -0.05) is 50.2 Å². The topological polar surface area (TPSA) is 79.5 Å². The highest BCUT2D eigenvalue weighted by molar-refractivity contribution is 6.00. The number of nitrogens with zero attached hydrogens (tertiary/aromatic N) is 4. The van der Waals surface area contributed by atoms with Crippen LogP contribution in [0.2, 0.25) is 0 Å². The molecule has 0 aliphatic carbocycles. The Morgan fingerprint density at radius 2 is 1.41 bits per heavy atom. The van der Waals surface area contributed by atoms with Gasteiger partial charge in [0, 0.05) is 31.6 Å². The lowest BCUT2D eigenvalue weighted by atomic mass is 9.96. The number of piperazine rings is 1. The Balaban J connectivity index is 1.49. The van der Waals surface area contributed by atoms with Gasteiger partial charge in [0.2, 0.25) is 0 Å². The van der Waals surface area contributed by atoms with Gasteiger partial charge in [-0.2, -0.15) is 4.98 Å². The monoisotopic (exact) mass is 436 g/mol. The summed E-state index contributed by atoms with van der Waals surface area (Å²) in [6, 6.07) is 13.0. The van der Waals surface area contributed by atoms with E-state index in [4.69, 9.17) is 4.52 Å². The fourth-order valence-corrected chi connectivity index (χ4v) is 3.58. The summed E-state index contributed by atoms with van der Waals surface area (Å²) in [7, 11) is 0. The minimum absolute atomic E-state index is 0.0451. The molecule has 1 fully saturated rings. The number of hydrogen-bond acceptors (Lipinski definition) is 5. The predicted octanol–water partition coefficient (Wildman–Crippen LogP) is 3.77. The summed E-state index contributed by atoms with van der Waals surface area (Å²) in [6.07, 6.45) is 0. The summed E-state index contributed by atoms with van der Waals surface area (Å²) < 4.78 is 19.4. The third kappa shape index (κ3) is 4.26. The Labute approximate surface area is 185 Å². The molecule has 0 saturated carbocycles. The molecule has 32 heavy (non-hydrogen) atoms. The number of hydrogen-bond donors (Lipinski definition) is 0. The van der Waals surface area contributed by atoms with Gasteiger partial charge in [0.25, 0.3) is 17.7 Å². The molecule has 2 aromatic carbocycles. The lowest BCUT2D eigenvalue weighted by Gasteiger charge is -2.35. The minimum atomic E-state index is -0.542. The molecule has 3 aromatic rings. The van der Waals surface area contributed by atoms with E-state index in [1.165, 1.54) is 12.1 Å². The lowest BCUT2D eigenvalue weighted by molar-refractivity contribution is 0.0533. The van der Waals surface area contributed by atoms with Crippen molar-refractivity contribution in [3.05, 3.63) is 71.3 Å². The van der Waals surface area contributed by atoms with Crippen LogP contribution in [-0.2, 0) is 5.41 Å². The van der Waals surface area contributed by atoms with Gasteiger partial charge in [0.15, 0.2) is 5.82 Å². The molecule has 4 rings (SSSR count). The van der Waals surface area contributed by atoms with Crippen molar-refractivity contribution >= 4 is 11.8 Å². The second-order valence-corrected chi connectivity index (χ2v) is 8.78. The lowest BCUT2D eigenvalue weighted by Crippen LogP contribution is -2.50. The smallest absolute Gasteiger partial charge is 0.258 e. The van der Waals surface area contributed by atoms with Crippen LogP contribution in [0.1, 0.15) is 47.3 Å². The van der Waals surface area contributed by atoms with Gasteiger partial charge >= 0.3 is 0 Å². The number of carbonyl (C=O) groups is 2. The molecule has 1 aliphatic rings. The Morgan fingerprint density at radius 1 is 0.875 bits per heavy atom. The maximum Gasteiger partial charge on any atom is 0.258 e. The minimum Gasteiger partial charge on any atom is -0.335 e. The van der Waals surface area contributed by atoms with Crippen molar-refractivity contribution in [1.82, 2.24) is 19.9 Å². The van der Waals surface area contributed by atoms with E-state index >= 15 is 0 Å². The van der Waals surface area contributed by atoms with E-state index in [1.807, 2.05) is 26.8 Å². The Kier molecular flexibility index (Phi) is 5.78. The number of amides is 2. The van der Waals surface area contributed by atoms with E-state index in [9.17, 15) is 14.0 Å². The molecule has 0 radical (unpaired) electrons. The van der Waals surface area contributed by atoms with E-state index in [0.29, 0.717) is 49.0 Å². The number of rotatable bonds is 3. The maximum absolute atomic E-state index is 14.0. The largest absolute Gasteiger partial charge is 0.335 e.